The molecule has 5 nitrogen and oxygen atoms in total. The molecule has 1 aromatic carbocycles. The number of alkyl halides is 1. The largest absolute Gasteiger partial charge is 0.383 e. The number of thiophene rings is 1. The first-order valence-corrected chi connectivity index (χ1v) is 8.67. The lowest BCUT2D eigenvalue weighted by molar-refractivity contribution is 0.0499. The van der Waals surface area contributed by atoms with E-state index in [1.807, 2.05) is 35.7 Å². The van der Waals surface area contributed by atoms with Gasteiger partial charge in [0.25, 0.3) is 5.91 Å². The molecule has 0 aliphatic carbocycles. The molecule has 1 spiro atoms. The first kappa shape index (κ1) is 15.1. The Morgan fingerprint density at radius 2 is 2.21 bits per heavy atom. The van der Waals surface area contributed by atoms with Gasteiger partial charge in [-0.2, -0.15) is 0 Å². The summed E-state index contributed by atoms with van der Waals surface area (Å²) in [7, 11) is 0. The molecular weight excluding hydrogens is 327 g/mol. The lowest BCUT2D eigenvalue weighted by Gasteiger charge is -2.44. The maximum atomic E-state index is 15.0. The van der Waals surface area contributed by atoms with Crippen LogP contribution in [-0.2, 0) is 0 Å². The van der Waals surface area contributed by atoms with Crippen LogP contribution in [0.2, 0.25) is 0 Å². The fourth-order valence-electron chi connectivity index (χ4n) is 3.26. The van der Waals surface area contributed by atoms with E-state index in [-0.39, 0.29) is 12.5 Å². The number of carbonyl (C=O) groups excluding carboxylic acids is 1. The molecule has 3 N–H and O–H groups in total. The Morgan fingerprint density at radius 1 is 1.38 bits per heavy atom. The molecule has 1 fully saturated rings. The molecule has 2 aliphatic heterocycles. The number of halogens is 1. The molecule has 24 heavy (non-hydrogen) atoms. The third kappa shape index (κ3) is 2.36. The molecule has 1 aromatic heterocycles. The second-order valence-electron chi connectivity index (χ2n) is 6.04. The average molecular weight is 344 g/mol. The summed E-state index contributed by atoms with van der Waals surface area (Å²) in [6, 6.07) is 11.1. The number of para-hydroxylation sites is 1. The number of hydrogen-bond donors (Lipinski definition) is 2. The van der Waals surface area contributed by atoms with Crippen molar-refractivity contribution >= 4 is 28.8 Å². The zero-order valence-corrected chi connectivity index (χ0v) is 13.7. The zero-order chi connectivity index (χ0) is 16.7. The number of benzene rings is 1. The summed E-state index contributed by atoms with van der Waals surface area (Å²) in [5.74, 6) is 0.209. The minimum Gasteiger partial charge on any atom is -0.383 e. The lowest BCUT2D eigenvalue weighted by atomic mass is 9.92. The molecule has 7 heteroatoms. The van der Waals surface area contributed by atoms with Crippen molar-refractivity contribution in [1.82, 2.24) is 4.90 Å². The summed E-state index contributed by atoms with van der Waals surface area (Å²) in [5, 5.41) is 5.05. The van der Waals surface area contributed by atoms with Gasteiger partial charge in [0.05, 0.1) is 11.4 Å². The summed E-state index contributed by atoms with van der Waals surface area (Å²) in [6.07, 6.45) is -0.956. The number of nitrogens with zero attached hydrogens (tertiary/aromatic N) is 2. The summed E-state index contributed by atoms with van der Waals surface area (Å²) >= 11 is 1.37. The van der Waals surface area contributed by atoms with Gasteiger partial charge >= 0.3 is 0 Å². The van der Waals surface area contributed by atoms with Gasteiger partial charge in [0.2, 0.25) is 0 Å². The Bertz CT molecular complexity index is 807. The van der Waals surface area contributed by atoms with Crippen LogP contribution in [0.15, 0.2) is 46.8 Å². The number of nitrogens with two attached hydrogens (primary N) is 1. The quantitative estimate of drug-likeness (QED) is 0.835. The van der Waals surface area contributed by atoms with E-state index in [1.165, 1.54) is 11.3 Å². The molecule has 0 saturated carbocycles. The Kier molecular flexibility index (Phi) is 3.53. The van der Waals surface area contributed by atoms with E-state index in [1.54, 1.807) is 11.0 Å². The Balaban J connectivity index is 1.58. The predicted molar refractivity (Wildman–Crippen MR) is 93.3 cm³/mol. The average Bonchev–Trinajstić information content (AvgIpc) is 3.11. The van der Waals surface area contributed by atoms with Gasteiger partial charge < -0.3 is 16.0 Å². The predicted octanol–water partition coefficient (Wildman–Crippen LogP) is 2.46. The van der Waals surface area contributed by atoms with Crippen LogP contribution >= 0.6 is 11.3 Å². The summed E-state index contributed by atoms with van der Waals surface area (Å²) < 4.78 is 15.0. The van der Waals surface area contributed by atoms with Gasteiger partial charge in [0, 0.05) is 24.2 Å². The minimum absolute atomic E-state index is 0.00266. The van der Waals surface area contributed by atoms with Gasteiger partial charge in [-0.3, -0.25) is 4.79 Å². The van der Waals surface area contributed by atoms with Crippen LogP contribution in [0.1, 0.15) is 21.7 Å². The molecule has 1 amide bonds. The molecule has 0 radical (unpaired) electrons. The summed E-state index contributed by atoms with van der Waals surface area (Å²) in [6.45, 7) is 0.436. The van der Waals surface area contributed by atoms with Crippen LogP contribution in [0.5, 0.6) is 0 Å². The Morgan fingerprint density at radius 3 is 2.96 bits per heavy atom. The normalized spacial score (nSPS) is 25.8. The van der Waals surface area contributed by atoms with Crippen LogP contribution in [0.4, 0.5) is 10.1 Å². The molecule has 124 valence electrons. The number of fused-ring (bicyclic) bond motifs is 1. The summed E-state index contributed by atoms with van der Waals surface area (Å²) in [5.41, 5.74) is 6.53. The number of hydrogen-bond acceptors (Lipinski definition) is 5. The van der Waals surface area contributed by atoms with E-state index < -0.39 is 11.8 Å². The van der Waals surface area contributed by atoms with E-state index in [0.29, 0.717) is 23.7 Å². The highest BCUT2D eigenvalue weighted by atomic mass is 32.1. The number of amidine groups is 1. The van der Waals surface area contributed by atoms with Gasteiger partial charge in [-0.05, 0) is 23.6 Å². The monoisotopic (exact) mass is 344 g/mol. The second kappa shape index (κ2) is 5.59. The number of nitrogens with one attached hydrogen (secondary N) is 1. The number of piperidine rings is 1. The molecule has 0 bridgehead atoms. The molecule has 2 atom stereocenters. The highest BCUT2D eigenvalue weighted by Gasteiger charge is 2.47. The maximum absolute atomic E-state index is 15.0. The first-order chi connectivity index (χ1) is 11.6. The van der Waals surface area contributed by atoms with Crippen molar-refractivity contribution in [3.8, 4) is 0 Å². The molecule has 2 aromatic rings. The van der Waals surface area contributed by atoms with E-state index >= 15 is 4.39 Å². The minimum atomic E-state index is -1.33. The number of rotatable bonds is 1. The number of aliphatic imine (C=N–C) groups is 1. The highest BCUT2D eigenvalue weighted by Crippen LogP contribution is 2.36. The van der Waals surface area contributed by atoms with Crippen molar-refractivity contribution in [3.63, 3.8) is 0 Å². The van der Waals surface area contributed by atoms with Gasteiger partial charge in [-0.25, -0.2) is 9.38 Å². The van der Waals surface area contributed by atoms with Crippen molar-refractivity contribution in [3.05, 3.63) is 52.2 Å². The zero-order valence-electron chi connectivity index (χ0n) is 12.9. The van der Waals surface area contributed by atoms with Crippen molar-refractivity contribution in [1.29, 1.82) is 0 Å². The fourth-order valence-corrected chi connectivity index (χ4v) is 3.95. The smallest absolute Gasteiger partial charge is 0.264 e. The topological polar surface area (TPSA) is 70.7 Å². The van der Waals surface area contributed by atoms with Crippen molar-refractivity contribution in [2.75, 3.05) is 18.4 Å². The Hall–Kier alpha value is -2.41. The number of carbonyl (C=O) groups is 1. The molecule has 3 heterocycles. The van der Waals surface area contributed by atoms with Gasteiger partial charge in [-0.15, -0.1) is 11.3 Å². The fraction of sp³-hybridized carbons (Fsp3) is 0.294. The van der Waals surface area contributed by atoms with E-state index in [0.717, 1.165) is 11.3 Å². The molecule has 0 unspecified atom stereocenters. The molecule has 1 saturated heterocycles. The Labute approximate surface area is 143 Å². The van der Waals surface area contributed by atoms with E-state index in [9.17, 15) is 4.79 Å². The molecular formula is C17H17FN4OS. The van der Waals surface area contributed by atoms with Crippen LogP contribution in [-0.4, -0.2) is 41.6 Å². The summed E-state index contributed by atoms with van der Waals surface area (Å²) in [4.78, 5) is 19.0. The number of amides is 1. The third-order valence-corrected chi connectivity index (χ3v) is 5.41. The standard InChI is InChI=1S/C17H17FN4OS/c18-14-10-22(16(23)13-6-3-9-24-13)8-7-17(14)20-12-5-2-1-4-11(12)15(19)21-17/h1-6,9,14,20H,7-8,10H2,(H2,19,21)/t14-,17-/m0/s1. The number of likely N-dealkylation sites (tertiary alicyclic amines) is 1. The SMILES string of the molecule is NC1=N[C@]2(CCN(C(=O)c3cccs3)C[C@@H]2F)Nc2ccccc21. The highest BCUT2D eigenvalue weighted by molar-refractivity contribution is 7.12. The first-order valence-electron chi connectivity index (χ1n) is 7.79. The maximum Gasteiger partial charge on any atom is 0.264 e. The van der Waals surface area contributed by atoms with E-state index in [2.05, 4.69) is 10.3 Å². The van der Waals surface area contributed by atoms with Crippen molar-refractivity contribution in [2.24, 2.45) is 10.7 Å². The molecule has 4 rings (SSSR count). The third-order valence-electron chi connectivity index (χ3n) is 4.56. The van der Waals surface area contributed by atoms with Crippen LogP contribution in [0, 0.1) is 0 Å². The van der Waals surface area contributed by atoms with Gasteiger partial charge in [0.15, 0.2) is 11.8 Å². The van der Waals surface area contributed by atoms with Gasteiger partial charge in [-0.1, -0.05) is 18.2 Å². The molecule has 2 aliphatic rings. The van der Waals surface area contributed by atoms with Gasteiger partial charge in [0.1, 0.15) is 5.84 Å². The van der Waals surface area contributed by atoms with Crippen LogP contribution in [0.25, 0.3) is 0 Å². The van der Waals surface area contributed by atoms with Crippen molar-refractivity contribution < 1.29 is 9.18 Å². The number of anilines is 1. The lowest BCUT2D eigenvalue weighted by Crippen LogP contribution is -2.59. The van der Waals surface area contributed by atoms with Crippen LogP contribution < -0.4 is 11.1 Å². The van der Waals surface area contributed by atoms with Crippen LogP contribution in [0.3, 0.4) is 0 Å². The second-order valence-corrected chi connectivity index (χ2v) is 6.99. The van der Waals surface area contributed by atoms with E-state index in [4.69, 9.17) is 5.73 Å². The van der Waals surface area contributed by atoms with Crippen molar-refractivity contribution in [2.45, 2.75) is 18.3 Å².